The minimum Gasteiger partial charge on any atom is -0.438 e. The summed E-state index contributed by atoms with van der Waals surface area (Å²) in [6.07, 6.45) is 15.5. The lowest BCUT2D eigenvalue weighted by atomic mass is 9.47. The highest BCUT2D eigenvalue weighted by Gasteiger charge is 2.57. The molecule has 4 aliphatic rings. The van der Waals surface area contributed by atoms with Crippen LogP contribution in [0.5, 0.6) is 0 Å². The zero-order valence-corrected chi connectivity index (χ0v) is 16.9. The van der Waals surface area contributed by atoms with Gasteiger partial charge in [-0.05, 0) is 92.3 Å². The van der Waals surface area contributed by atoms with Crippen LogP contribution in [0.3, 0.4) is 0 Å². The van der Waals surface area contributed by atoms with Gasteiger partial charge in [0.25, 0.3) is 0 Å². The summed E-state index contributed by atoms with van der Waals surface area (Å²) in [5.74, 6) is 3.35. The maximum Gasteiger partial charge on any atom is 0.507 e. The Morgan fingerprint density at radius 3 is 2.81 bits per heavy atom. The summed E-state index contributed by atoms with van der Waals surface area (Å²) >= 11 is 0. The summed E-state index contributed by atoms with van der Waals surface area (Å²) in [5, 5.41) is 0. The van der Waals surface area contributed by atoms with E-state index in [9.17, 15) is 4.79 Å². The van der Waals surface area contributed by atoms with Crippen molar-refractivity contribution in [1.29, 1.82) is 0 Å². The third kappa shape index (κ3) is 2.81. The first-order chi connectivity index (χ1) is 12.5. The molecule has 6 atom stereocenters. The van der Waals surface area contributed by atoms with Crippen molar-refractivity contribution in [2.45, 2.75) is 78.1 Å². The van der Waals surface area contributed by atoms with E-state index in [1.54, 1.807) is 5.57 Å². The second-order valence-electron chi connectivity index (χ2n) is 9.88. The van der Waals surface area contributed by atoms with Crippen LogP contribution in [0.4, 0.5) is 4.79 Å². The van der Waals surface area contributed by atoms with Crippen LogP contribution in [0.1, 0.15) is 78.1 Å². The number of rotatable bonds is 3. The van der Waals surface area contributed by atoms with Gasteiger partial charge in [-0.3, -0.25) is 0 Å². The third-order valence-corrected chi connectivity index (χ3v) is 9.07. The molecule has 0 aromatic carbocycles. The summed E-state index contributed by atoms with van der Waals surface area (Å²) in [7, 11) is 1.38. The van der Waals surface area contributed by atoms with Crippen LogP contribution in [0, 0.1) is 34.5 Å². The molecular weight excluding hydrogens is 324 g/mol. The maximum atomic E-state index is 11.3. The van der Waals surface area contributed by atoms with Crippen molar-refractivity contribution in [2.75, 3.05) is 13.7 Å². The molecule has 0 saturated heterocycles. The molecule has 0 N–H and O–H groups in total. The zero-order chi connectivity index (χ0) is 18.4. The summed E-state index contributed by atoms with van der Waals surface area (Å²) < 4.78 is 9.81. The number of carbonyl (C=O) groups is 1. The van der Waals surface area contributed by atoms with Gasteiger partial charge in [0.2, 0.25) is 0 Å². The summed E-state index contributed by atoms with van der Waals surface area (Å²) in [6, 6.07) is 0. The molecule has 3 fully saturated rings. The van der Waals surface area contributed by atoms with Crippen LogP contribution in [0.15, 0.2) is 11.6 Å². The van der Waals surface area contributed by atoms with Crippen molar-refractivity contribution in [3.8, 4) is 0 Å². The monoisotopic (exact) mass is 360 g/mol. The van der Waals surface area contributed by atoms with E-state index < -0.39 is 6.16 Å². The fraction of sp³-hybridized carbons (Fsp3) is 0.870. The van der Waals surface area contributed by atoms with E-state index in [0.29, 0.717) is 23.4 Å². The number of hydrogen-bond acceptors (Lipinski definition) is 3. The minimum atomic E-state index is -0.538. The Kier molecular flexibility index (Phi) is 4.86. The number of methoxy groups -OCH3 is 1. The predicted octanol–water partition coefficient (Wildman–Crippen LogP) is 6.13. The van der Waals surface area contributed by atoms with Crippen LogP contribution < -0.4 is 0 Å². The van der Waals surface area contributed by atoms with Gasteiger partial charge in [-0.25, -0.2) is 4.79 Å². The molecule has 0 spiro atoms. The van der Waals surface area contributed by atoms with Crippen LogP contribution >= 0.6 is 0 Å². The molecular formula is C23H36O3. The summed E-state index contributed by atoms with van der Waals surface area (Å²) in [5.41, 5.74) is 2.74. The fourth-order valence-corrected chi connectivity index (χ4v) is 7.62. The summed E-state index contributed by atoms with van der Waals surface area (Å²) in [4.78, 5) is 11.3. The lowest BCUT2D eigenvalue weighted by Crippen LogP contribution is -2.49. The molecule has 0 aliphatic heterocycles. The fourth-order valence-electron chi connectivity index (χ4n) is 7.62. The largest absolute Gasteiger partial charge is 0.507 e. The molecule has 0 aromatic heterocycles. The van der Waals surface area contributed by atoms with Crippen molar-refractivity contribution >= 4 is 6.16 Å². The molecule has 26 heavy (non-hydrogen) atoms. The molecule has 4 aliphatic carbocycles. The Morgan fingerprint density at radius 1 is 1.15 bits per heavy atom. The Labute approximate surface area is 158 Å². The first kappa shape index (κ1) is 18.4. The highest BCUT2D eigenvalue weighted by atomic mass is 16.7. The number of carbonyl (C=O) groups excluding carboxylic acids is 1. The quantitative estimate of drug-likeness (QED) is 0.449. The lowest BCUT2D eigenvalue weighted by molar-refractivity contribution is -0.0451. The minimum absolute atomic E-state index is 0.441. The Balaban J connectivity index is 1.48. The second-order valence-corrected chi connectivity index (χ2v) is 9.88. The molecule has 0 bridgehead atoms. The normalized spacial score (nSPS) is 44.3. The van der Waals surface area contributed by atoms with Crippen molar-refractivity contribution in [2.24, 2.45) is 34.5 Å². The summed E-state index contributed by atoms with van der Waals surface area (Å²) in [6.45, 7) is 5.65. The standard InChI is InChI=1S/C23H36O3/c1-22-13-5-4-6-16(22)7-9-18-19-10-8-17(12-15-26-21(24)25-3)23(19,2)14-11-20(18)22/h7,17-20H,4-6,8-15H2,1-3H3/t17-,18+,19+,20+,22+,23-/m1/s1. The van der Waals surface area contributed by atoms with Gasteiger partial charge in [0.1, 0.15) is 0 Å². The molecule has 4 rings (SSSR count). The Bertz CT molecular complexity index is 582. The van der Waals surface area contributed by atoms with Gasteiger partial charge in [-0.2, -0.15) is 0 Å². The predicted molar refractivity (Wildman–Crippen MR) is 103 cm³/mol. The lowest BCUT2D eigenvalue weighted by Gasteiger charge is -2.57. The van der Waals surface area contributed by atoms with Gasteiger partial charge in [0.05, 0.1) is 13.7 Å². The van der Waals surface area contributed by atoms with Crippen LogP contribution in [-0.2, 0) is 9.47 Å². The molecule has 0 amide bonds. The second kappa shape index (κ2) is 6.87. The molecule has 3 heteroatoms. The molecule has 0 unspecified atom stereocenters. The van der Waals surface area contributed by atoms with Crippen molar-refractivity contribution in [1.82, 2.24) is 0 Å². The number of allylic oxidation sites excluding steroid dienone is 2. The van der Waals surface area contributed by atoms with E-state index in [2.05, 4.69) is 24.7 Å². The highest BCUT2D eigenvalue weighted by Crippen LogP contribution is 2.66. The van der Waals surface area contributed by atoms with E-state index in [0.717, 1.165) is 24.2 Å². The molecule has 3 saturated carbocycles. The van der Waals surface area contributed by atoms with Gasteiger partial charge < -0.3 is 9.47 Å². The first-order valence-corrected chi connectivity index (χ1v) is 10.9. The van der Waals surface area contributed by atoms with Crippen molar-refractivity contribution < 1.29 is 14.3 Å². The average molecular weight is 361 g/mol. The topological polar surface area (TPSA) is 35.5 Å². The number of hydrogen-bond donors (Lipinski definition) is 0. The average Bonchev–Trinajstić information content (AvgIpc) is 2.97. The van der Waals surface area contributed by atoms with E-state index in [1.165, 1.54) is 64.9 Å². The van der Waals surface area contributed by atoms with Crippen LogP contribution in [0.25, 0.3) is 0 Å². The number of ether oxygens (including phenoxy) is 2. The van der Waals surface area contributed by atoms with E-state index >= 15 is 0 Å². The smallest absolute Gasteiger partial charge is 0.438 e. The van der Waals surface area contributed by atoms with Crippen molar-refractivity contribution in [3.05, 3.63) is 11.6 Å². The number of fused-ring (bicyclic) bond motifs is 5. The molecule has 0 aromatic rings. The molecule has 3 nitrogen and oxygen atoms in total. The maximum absolute atomic E-state index is 11.3. The van der Waals surface area contributed by atoms with Gasteiger partial charge in [-0.1, -0.05) is 31.9 Å². The third-order valence-electron chi connectivity index (χ3n) is 9.07. The zero-order valence-electron chi connectivity index (χ0n) is 16.9. The van der Waals surface area contributed by atoms with Gasteiger partial charge >= 0.3 is 6.16 Å². The van der Waals surface area contributed by atoms with Crippen LogP contribution in [-0.4, -0.2) is 19.9 Å². The van der Waals surface area contributed by atoms with E-state index in [4.69, 9.17) is 4.74 Å². The SMILES string of the molecule is COC(=O)OCC[C@H]1CC[C@H]2[C@@H]3CC=C4CCCC[C@]4(C)[C@H]3CC[C@]12C. The van der Waals surface area contributed by atoms with E-state index in [-0.39, 0.29) is 0 Å². The van der Waals surface area contributed by atoms with Gasteiger partial charge in [-0.15, -0.1) is 0 Å². The molecule has 0 heterocycles. The van der Waals surface area contributed by atoms with Crippen LogP contribution in [0.2, 0.25) is 0 Å². The molecule has 0 radical (unpaired) electrons. The first-order valence-electron chi connectivity index (χ1n) is 10.9. The van der Waals surface area contributed by atoms with E-state index in [1.807, 2.05) is 0 Å². The molecule has 146 valence electrons. The van der Waals surface area contributed by atoms with Gasteiger partial charge in [0, 0.05) is 0 Å². The van der Waals surface area contributed by atoms with Gasteiger partial charge in [0.15, 0.2) is 0 Å². The van der Waals surface area contributed by atoms with Crippen molar-refractivity contribution in [3.63, 3.8) is 0 Å². The highest BCUT2D eigenvalue weighted by molar-refractivity contribution is 5.59. The Hall–Kier alpha value is -0.990. The Morgan fingerprint density at radius 2 is 2.00 bits per heavy atom.